The van der Waals surface area contributed by atoms with Crippen LogP contribution in [0, 0.1) is 6.92 Å². The fourth-order valence-electron chi connectivity index (χ4n) is 5.64. The summed E-state index contributed by atoms with van der Waals surface area (Å²) in [6.07, 6.45) is 7.42. The number of halogens is 2. The molecule has 1 saturated carbocycles. The second-order valence-corrected chi connectivity index (χ2v) is 10.8. The largest absolute Gasteiger partial charge is 0.340 e. The van der Waals surface area contributed by atoms with Crippen molar-refractivity contribution < 1.29 is 0 Å². The molecule has 38 heavy (non-hydrogen) atoms. The zero-order valence-electron chi connectivity index (χ0n) is 21.2. The number of hydrogen-bond donors (Lipinski definition) is 0. The molecule has 2 aromatic heterocycles. The standard InChI is InChI=1S/C31H28Cl2N4O/c1-20-25(23-11-6-8-14-29(23)36(20)19-21-15-16-26(32)27(33)17-21)18-34-37-30(22-9-3-2-4-10-22)35-28-13-7-5-12-24(28)31(37)38/h5-8,11-18,22H,2-4,9-10,19H2,1H3. The molecule has 0 aliphatic heterocycles. The average Bonchev–Trinajstić information content (AvgIpc) is 3.21. The van der Waals surface area contributed by atoms with E-state index in [4.69, 9.17) is 33.3 Å². The maximum absolute atomic E-state index is 13.6. The maximum atomic E-state index is 13.6. The van der Waals surface area contributed by atoms with Crippen molar-refractivity contribution in [3.63, 3.8) is 0 Å². The van der Waals surface area contributed by atoms with E-state index in [-0.39, 0.29) is 11.5 Å². The van der Waals surface area contributed by atoms with Gasteiger partial charge in [0.25, 0.3) is 5.56 Å². The first kappa shape index (κ1) is 24.9. The fourth-order valence-corrected chi connectivity index (χ4v) is 5.96. The first-order chi connectivity index (χ1) is 18.5. The molecule has 1 aliphatic carbocycles. The maximum Gasteiger partial charge on any atom is 0.282 e. The lowest BCUT2D eigenvalue weighted by molar-refractivity contribution is 0.416. The molecule has 0 saturated heterocycles. The monoisotopic (exact) mass is 542 g/mol. The van der Waals surface area contributed by atoms with E-state index in [1.807, 2.05) is 60.8 Å². The van der Waals surface area contributed by atoms with E-state index < -0.39 is 0 Å². The topological polar surface area (TPSA) is 52.2 Å². The Morgan fingerprint density at radius 2 is 1.68 bits per heavy atom. The summed E-state index contributed by atoms with van der Waals surface area (Å²) in [5, 5.41) is 7.57. The minimum atomic E-state index is -0.121. The quantitative estimate of drug-likeness (QED) is 0.211. The zero-order valence-corrected chi connectivity index (χ0v) is 22.7. The van der Waals surface area contributed by atoms with E-state index >= 15 is 0 Å². The molecule has 1 aliphatic rings. The van der Waals surface area contributed by atoms with Gasteiger partial charge in [-0.05, 0) is 55.7 Å². The second-order valence-electron chi connectivity index (χ2n) is 10.0. The van der Waals surface area contributed by atoms with E-state index in [1.165, 1.54) is 6.42 Å². The van der Waals surface area contributed by atoms with Gasteiger partial charge < -0.3 is 4.57 Å². The molecule has 3 aromatic carbocycles. The Morgan fingerprint density at radius 1 is 0.947 bits per heavy atom. The van der Waals surface area contributed by atoms with Gasteiger partial charge in [0, 0.05) is 34.6 Å². The number of rotatable bonds is 5. The average molecular weight is 543 g/mol. The van der Waals surface area contributed by atoms with Crippen LogP contribution in [0.25, 0.3) is 21.8 Å². The van der Waals surface area contributed by atoms with Gasteiger partial charge in [-0.1, -0.05) is 78.9 Å². The van der Waals surface area contributed by atoms with Gasteiger partial charge in [0.2, 0.25) is 0 Å². The number of para-hydroxylation sites is 2. The Labute approximate surface area is 231 Å². The zero-order chi connectivity index (χ0) is 26.2. The SMILES string of the molecule is Cc1c(C=Nn2c(C3CCCCC3)nc3ccccc3c2=O)c2ccccc2n1Cc1ccc(Cl)c(Cl)c1. The third-order valence-electron chi connectivity index (χ3n) is 7.66. The van der Waals surface area contributed by atoms with Crippen molar-refractivity contribution in [3.8, 4) is 0 Å². The summed E-state index contributed by atoms with van der Waals surface area (Å²) in [6.45, 7) is 2.73. The van der Waals surface area contributed by atoms with Crippen molar-refractivity contribution in [3.05, 3.63) is 110 Å². The minimum absolute atomic E-state index is 0.121. The Kier molecular flexibility index (Phi) is 6.81. The van der Waals surface area contributed by atoms with E-state index in [9.17, 15) is 4.79 Å². The van der Waals surface area contributed by atoms with Crippen LogP contribution in [0.3, 0.4) is 0 Å². The Bertz CT molecular complexity index is 1740. The van der Waals surface area contributed by atoms with E-state index in [0.717, 1.165) is 64.7 Å². The number of hydrogen-bond acceptors (Lipinski definition) is 3. The van der Waals surface area contributed by atoms with Gasteiger partial charge in [-0.2, -0.15) is 9.78 Å². The fraction of sp³-hybridized carbons (Fsp3) is 0.258. The summed E-state index contributed by atoms with van der Waals surface area (Å²) >= 11 is 12.4. The van der Waals surface area contributed by atoms with Gasteiger partial charge in [-0.3, -0.25) is 4.79 Å². The summed E-state index contributed by atoms with van der Waals surface area (Å²) in [4.78, 5) is 18.6. The summed E-state index contributed by atoms with van der Waals surface area (Å²) in [6, 6.07) is 21.5. The highest BCUT2D eigenvalue weighted by molar-refractivity contribution is 6.42. The third kappa shape index (κ3) is 4.55. The third-order valence-corrected chi connectivity index (χ3v) is 8.39. The van der Waals surface area contributed by atoms with Gasteiger partial charge in [0.05, 0.1) is 27.2 Å². The normalized spacial score (nSPS) is 14.7. The van der Waals surface area contributed by atoms with Crippen molar-refractivity contribution in [1.29, 1.82) is 0 Å². The predicted octanol–water partition coefficient (Wildman–Crippen LogP) is 7.94. The van der Waals surface area contributed by atoms with Crippen LogP contribution in [0.4, 0.5) is 0 Å². The molecule has 0 unspecified atom stereocenters. The molecular formula is C31H28Cl2N4O. The molecule has 1 fully saturated rings. The predicted molar refractivity (Wildman–Crippen MR) is 157 cm³/mol. The van der Waals surface area contributed by atoms with Crippen LogP contribution in [0.5, 0.6) is 0 Å². The van der Waals surface area contributed by atoms with Crippen molar-refractivity contribution in [1.82, 2.24) is 14.2 Å². The van der Waals surface area contributed by atoms with Crippen LogP contribution in [0.2, 0.25) is 10.0 Å². The number of nitrogens with zero attached hydrogens (tertiary/aromatic N) is 4. The molecule has 6 rings (SSSR count). The molecule has 0 spiro atoms. The van der Waals surface area contributed by atoms with Crippen LogP contribution < -0.4 is 5.56 Å². The summed E-state index contributed by atoms with van der Waals surface area (Å²) in [7, 11) is 0. The second kappa shape index (κ2) is 10.4. The lowest BCUT2D eigenvalue weighted by Crippen LogP contribution is -2.25. The number of fused-ring (bicyclic) bond motifs is 2. The molecule has 5 nitrogen and oxygen atoms in total. The molecule has 7 heteroatoms. The van der Waals surface area contributed by atoms with Gasteiger partial charge in [-0.15, -0.1) is 0 Å². The van der Waals surface area contributed by atoms with Crippen LogP contribution in [0.1, 0.15) is 60.7 Å². The van der Waals surface area contributed by atoms with Crippen LogP contribution in [-0.4, -0.2) is 20.4 Å². The van der Waals surface area contributed by atoms with Crippen molar-refractivity contribution in [2.24, 2.45) is 5.10 Å². The molecule has 192 valence electrons. The highest BCUT2D eigenvalue weighted by Crippen LogP contribution is 2.32. The Morgan fingerprint density at radius 3 is 2.47 bits per heavy atom. The van der Waals surface area contributed by atoms with Crippen LogP contribution >= 0.6 is 23.2 Å². The molecule has 0 amide bonds. The minimum Gasteiger partial charge on any atom is -0.340 e. The van der Waals surface area contributed by atoms with E-state index in [2.05, 4.69) is 23.6 Å². The lowest BCUT2D eigenvalue weighted by Gasteiger charge is -2.22. The summed E-state index contributed by atoms with van der Waals surface area (Å²) < 4.78 is 3.79. The Hall–Kier alpha value is -3.41. The molecule has 5 aromatic rings. The highest BCUT2D eigenvalue weighted by atomic mass is 35.5. The van der Waals surface area contributed by atoms with Crippen LogP contribution in [0.15, 0.2) is 76.6 Å². The molecular weight excluding hydrogens is 515 g/mol. The smallest absolute Gasteiger partial charge is 0.282 e. The summed E-state index contributed by atoms with van der Waals surface area (Å²) in [5.41, 5.74) is 4.80. The van der Waals surface area contributed by atoms with E-state index in [0.29, 0.717) is 22.0 Å². The molecule has 2 heterocycles. The van der Waals surface area contributed by atoms with Gasteiger partial charge >= 0.3 is 0 Å². The van der Waals surface area contributed by atoms with Crippen molar-refractivity contribution in [2.45, 2.75) is 51.5 Å². The van der Waals surface area contributed by atoms with Crippen molar-refractivity contribution in [2.75, 3.05) is 0 Å². The number of aromatic nitrogens is 3. The lowest BCUT2D eigenvalue weighted by atomic mass is 9.88. The summed E-state index contributed by atoms with van der Waals surface area (Å²) in [5.74, 6) is 0.997. The molecule has 0 bridgehead atoms. The first-order valence-corrected chi connectivity index (χ1v) is 13.8. The molecule has 0 atom stereocenters. The van der Waals surface area contributed by atoms with Crippen molar-refractivity contribution >= 4 is 51.2 Å². The Balaban J connectivity index is 1.47. The highest BCUT2D eigenvalue weighted by Gasteiger charge is 2.22. The number of benzene rings is 3. The van der Waals surface area contributed by atoms with Crippen LogP contribution in [-0.2, 0) is 6.54 Å². The first-order valence-electron chi connectivity index (χ1n) is 13.1. The van der Waals surface area contributed by atoms with Gasteiger partial charge in [0.15, 0.2) is 0 Å². The molecule has 0 radical (unpaired) electrons. The molecule has 0 N–H and O–H groups in total. The van der Waals surface area contributed by atoms with Gasteiger partial charge in [0.1, 0.15) is 5.82 Å². The van der Waals surface area contributed by atoms with Gasteiger partial charge in [-0.25, -0.2) is 4.98 Å². The van der Waals surface area contributed by atoms with E-state index in [1.54, 1.807) is 4.68 Å².